The monoisotopic (exact) mass is 263 g/mol. The molecule has 3 atom stereocenters. The van der Waals surface area contributed by atoms with Crippen LogP contribution in [-0.4, -0.2) is 52.1 Å². The smallest absolute Gasteiger partial charge is 0.326 e. The lowest BCUT2D eigenvalue weighted by Gasteiger charge is -2.24. The third-order valence-electron chi connectivity index (χ3n) is 2.95. The summed E-state index contributed by atoms with van der Waals surface area (Å²) < 4.78 is 11.2. The summed E-state index contributed by atoms with van der Waals surface area (Å²) in [5.41, 5.74) is 0. The van der Waals surface area contributed by atoms with Crippen LogP contribution in [0.15, 0.2) is 0 Å². The van der Waals surface area contributed by atoms with Crippen molar-refractivity contribution in [1.29, 1.82) is 0 Å². The standard InChI is InChI=1S/C10H18NO5P/c1-7(5-17(16)6-12)9(13)11-4-2-3-8(11)10(14)15/h7-8,12,17H,2-6H2,1H3,(H,14,15)/t7?,8-/m0/s1. The maximum absolute atomic E-state index is 12.0. The van der Waals surface area contributed by atoms with Gasteiger partial charge in [0, 0.05) is 18.6 Å². The number of likely N-dealkylation sites (tertiary alicyclic amines) is 1. The molecule has 0 radical (unpaired) electrons. The SMILES string of the molecule is CC(C[PH](=O)CO)C(=O)N1CCC[C@H]1C(=O)O. The Morgan fingerprint density at radius 3 is 2.71 bits per heavy atom. The lowest BCUT2D eigenvalue weighted by atomic mass is 10.1. The summed E-state index contributed by atoms with van der Waals surface area (Å²) in [6.45, 7) is 2.07. The number of rotatable bonds is 5. The van der Waals surface area contributed by atoms with Crippen LogP contribution in [0.5, 0.6) is 0 Å². The van der Waals surface area contributed by atoms with Gasteiger partial charge in [-0.3, -0.25) is 4.79 Å². The second kappa shape index (κ2) is 6.17. The zero-order chi connectivity index (χ0) is 13.0. The van der Waals surface area contributed by atoms with Gasteiger partial charge in [-0.2, -0.15) is 0 Å². The van der Waals surface area contributed by atoms with E-state index in [1.54, 1.807) is 6.92 Å². The van der Waals surface area contributed by atoms with Crippen molar-refractivity contribution in [1.82, 2.24) is 4.90 Å². The molecule has 6 nitrogen and oxygen atoms in total. The largest absolute Gasteiger partial charge is 0.480 e. The van der Waals surface area contributed by atoms with E-state index in [0.717, 1.165) is 0 Å². The summed E-state index contributed by atoms with van der Waals surface area (Å²) in [5.74, 6) is -1.76. The molecule has 1 rings (SSSR count). The Kier molecular flexibility index (Phi) is 5.15. The summed E-state index contributed by atoms with van der Waals surface area (Å²) >= 11 is 0. The van der Waals surface area contributed by atoms with E-state index < -0.39 is 32.1 Å². The third kappa shape index (κ3) is 3.54. The minimum absolute atomic E-state index is 0.142. The number of aliphatic carboxylic acids is 1. The van der Waals surface area contributed by atoms with E-state index in [4.69, 9.17) is 10.2 Å². The quantitative estimate of drug-likeness (QED) is 0.691. The first-order valence-electron chi connectivity index (χ1n) is 5.63. The molecule has 17 heavy (non-hydrogen) atoms. The molecule has 0 spiro atoms. The normalized spacial score (nSPS) is 23.4. The van der Waals surface area contributed by atoms with E-state index in [-0.39, 0.29) is 12.1 Å². The molecule has 7 heteroatoms. The first-order valence-corrected chi connectivity index (χ1v) is 7.45. The number of carbonyl (C=O) groups is 2. The predicted molar refractivity (Wildman–Crippen MR) is 62.5 cm³/mol. The Morgan fingerprint density at radius 2 is 2.18 bits per heavy atom. The maximum atomic E-state index is 12.0. The number of amides is 1. The zero-order valence-electron chi connectivity index (χ0n) is 9.76. The van der Waals surface area contributed by atoms with Crippen molar-refractivity contribution in [3.8, 4) is 0 Å². The van der Waals surface area contributed by atoms with Crippen molar-refractivity contribution in [2.75, 3.05) is 19.1 Å². The fourth-order valence-corrected chi connectivity index (χ4v) is 3.05. The van der Waals surface area contributed by atoms with Crippen LogP contribution in [-0.2, 0) is 14.2 Å². The fourth-order valence-electron chi connectivity index (χ4n) is 2.06. The molecule has 0 bridgehead atoms. The van der Waals surface area contributed by atoms with E-state index in [0.29, 0.717) is 19.4 Å². The summed E-state index contributed by atoms with van der Waals surface area (Å²) in [5, 5.41) is 17.6. The van der Waals surface area contributed by atoms with Gasteiger partial charge in [0.2, 0.25) is 5.91 Å². The molecule has 98 valence electrons. The van der Waals surface area contributed by atoms with Crippen molar-refractivity contribution >= 4 is 19.7 Å². The molecule has 0 aliphatic carbocycles. The van der Waals surface area contributed by atoms with Crippen molar-refractivity contribution in [2.45, 2.75) is 25.8 Å². The highest BCUT2D eigenvalue weighted by Crippen LogP contribution is 2.26. The van der Waals surface area contributed by atoms with Crippen LogP contribution in [0.25, 0.3) is 0 Å². The average Bonchev–Trinajstić information content (AvgIpc) is 2.76. The van der Waals surface area contributed by atoms with Gasteiger partial charge in [0.25, 0.3) is 0 Å². The van der Waals surface area contributed by atoms with Gasteiger partial charge in [-0.15, -0.1) is 0 Å². The lowest BCUT2D eigenvalue weighted by Crippen LogP contribution is -2.43. The fraction of sp³-hybridized carbons (Fsp3) is 0.800. The minimum Gasteiger partial charge on any atom is -0.480 e. The van der Waals surface area contributed by atoms with Crippen LogP contribution in [0.4, 0.5) is 0 Å². The van der Waals surface area contributed by atoms with Gasteiger partial charge in [-0.05, 0) is 12.8 Å². The maximum Gasteiger partial charge on any atom is 0.326 e. The van der Waals surface area contributed by atoms with Crippen LogP contribution in [0.1, 0.15) is 19.8 Å². The Bertz CT molecular complexity index is 333. The number of hydrogen-bond donors (Lipinski definition) is 2. The first-order chi connectivity index (χ1) is 7.97. The number of aliphatic hydroxyl groups excluding tert-OH is 1. The van der Waals surface area contributed by atoms with Crippen LogP contribution in [0.2, 0.25) is 0 Å². The molecule has 1 amide bonds. The summed E-state index contributed by atoms with van der Waals surface area (Å²) in [6.07, 6.45) is 0.904. The number of carbonyl (C=O) groups excluding carboxylic acids is 1. The zero-order valence-corrected chi connectivity index (χ0v) is 10.8. The van der Waals surface area contributed by atoms with Crippen LogP contribution >= 0.6 is 7.80 Å². The topological polar surface area (TPSA) is 94.9 Å². The Labute approximate surface area is 100 Å². The molecule has 0 aromatic carbocycles. The van der Waals surface area contributed by atoms with Gasteiger partial charge < -0.3 is 19.7 Å². The molecule has 0 saturated carbocycles. The highest BCUT2D eigenvalue weighted by atomic mass is 31.1. The molecule has 1 fully saturated rings. The lowest BCUT2D eigenvalue weighted by molar-refractivity contribution is -0.149. The highest BCUT2D eigenvalue weighted by Gasteiger charge is 2.35. The third-order valence-corrected chi connectivity index (χ3v) is 4.37. The van der Waals surface area contributed by atoms with Gasteiger partial charge in [0.05, 0.1) is 6.35 Å². The van der Waals surface area contributed by atoms with E-state index in [1.165, 1.54) is 4.90 Å². The number of nitrogens with zero attached hydrogens (tertiary/aromatic N) is 1. The number of hydrogen-bond acceptors (Lipinski definition) is 4. The summed E-state index contributed by atoms with van der Waals surface area (Å²) in [7, 11) is -2.13. The molecule has 0 aromatic heterocycles. The van der Waals surface area contributed by atoms with Gasteiger partial charge in [-0.1, -0.05) is 6.92 Å². The second-order valence-corrected chi connectivity index (χ2v) is 6.13. The number of aliphatic hydroxyl groups is 1. The van der Waals surface area contributed by atoms with Gasteiger partial charge >= 0.3 is 5.97 Å². The van der Waals surface area contributed by atoms with Gasteiger partial charge in [0.1, 0.15) is 13.8 Å². The molecule has 2 N–H and O–H groups in total. The number of carboxylic acid groups (broad SMARTS) is 1. The predicted octanol–water partition coefficient (Wildman–Crippen LogP) is 0.208. The minimum atomic E-state index is -2.13. The molecule has 1 heterocycles. The Morgan fingerprint density at radius 1 is 1.53 bits per heavy atom. The van der Waals surface area contributed by atoms with Crippen molar-refractivity contribution in [3.63, 3.8) is 0 Å². The molecular formula is C10H18NO5P. The summed E-state index contributed by atoms with van der Waals surface area (Å²) in [6, 6.07) is -0.749. The summed E-state index contributed by atoms with van der Waals surface area (Å²) in [4.78, 5) is 24.2. The van der Waals surface area contributed by atoms with Gasteiger partial charge in [-0.25, -0.2) is 4.79 Å². The average molecular weight is 263 g/mol. The van der Waals surface area contributed by atoms with Gasteiger partial charge in [0.15, 0.2) is 0 Å². The number of carboxylic acids is 1. The van der Waals surface area contributed by atoms with Crippen molar-refractivity contribution in [3.05, 3.63) is 0 Å². The van der Waals surface area contributed by atoms with E-state index in [9.17, 15) is 14.2 Å². The molecular weight excluding hydrogens is 245 g/mol. The Hall–Kier alpha value is -0.870. The Balaban J connectivity index is 2.62. The molecule has 1 aliphatic rings. The molecule has 2 unspecified atom stereocenters. The van der Waals surface area contributed by atoms with Crippen molar-refractivity contribution in [2.24, 2.45) is 5.92 Å². The van der Waals surface area contributed by atoms with Crippen LogP contribution in [0.3, 0.4) is 0 Å². The molecule has 1 saturated heterocycles. The van der Waals surface area contributed by atoms with E-state index in [1.807, 2.05) is 0 Å². The van der Waals surface area contributed by atoms with Crippen LogP contribution in [0, 0.1) is 5.92 Å². The van der Waals surface area contributed by atoms with Crippen molar-refractivity contribution < 1.29 is 24.4 Å². The van der Waals surface area contributed by atoms with Crippen LogP contribution < -0.4 is 0 Å². The first kappa shape index (κ1) is 14.2. The molecule has 1 aliphatic heterocycles. The van der Waals surface area contributed by atoms with E-state index >= 15 is 0 Å². The highest BCUT2D eigenvalue weighted by molar-refractivity contribution is 7.44. The second-order valence-electron chi connectivity index (χ2n) is 4.33. The van der Waals surface area contributed by atoms with E-state index in [2.05, 4.69) is 0 Å². The molecule has 0 aromatic rings.